The van der Waals surface area contributed by atoms with Crippen LogP contribution in [0.1, 0.15) is 19.5 Å². The van der Waals surface area contributed by atoms with Crippen molar-refractivity contribution in [2.24, 2.45) is 15.1 Å². The summed E-state index contributed by atoms with van der Waals surface area (Å²) in [6.45, 7) is 4.16. The highest BCUT2D eigenvalue weighted by Crippen LogP contribution is 2.41. The predicted molar refractivity (Wildman–Crippen MR) is 161 cm³/mol. The molecule has 2 amide bonds. The summed E-state index contributed by atoms with van der Waals surface area (Å²) in [6, 6.07) is -0.985. The van der Waals surface area contributed by atoms with E-state index < -0.39 is 29.2 Å². The number of carboxylic acids is 1. The van der Waals surface area contributed by atoms with E-state index in [1.165, 1.54) is 40.9 Å². The number of esters is 1. The van der Waals surface area contributed by atoms with Crippen LogP contribution in [-0.2, 0) is 28.8 Å². The fourth-order valence-electron chi connectivity index (χ4n) is 4.64. The molecule has 5 rings (SSSR count). The van der Waals surface area contributed by atoms with Gasteiger partial charge in [0.1, 0.15) is 36.6 Å². The van der Waals surface area contributed by atoms with Crippen LogP contribution in [0.4, 0.5) is 5.13 Å². The Morgan fingerprint density at radius 1 is 1.35 bits per heavy atom. The second kappa shape index (κ2) is 12.7. The number of aromatic nitrogens is 1. The number of ether oxygens (including phenoxy) is 1. The number of oxime groups is 1. The number of thiazole rings is 1. The number of carbonyl (C=O) groups is 4. The molecule has 1 saturated heterocycles. The van der Waals surface area contributed by atoms with Crippen molar-refractivity contribution in [2.45, 2.75) is 25.3 Å². The SMILES string of the molecule is CCOC(=O)CSC1=CC(C)=NC2=NCN(CC3=C(C(=O)O)N4C(=O)[C@@H](NC(=O)/C(=N\OC)c5csc(N)n5)[C@@H]4SC3)N12. The molecule has 4 N–H and O–H groups in total. The highest BCUT2D eigenvalue weighted by atomic mass is 32.2. The van der Waals surface area contributed by atoms with Gasteiger partial charge in [0.25, 0.3) is 11.8 Å². The van der Waals surface area contributed by atoms with Gasteiger partial charge in [-0.3, -0.25) is 19.3 Å². The van der Waals surface area contributed by atoms with Crippen LogP contribution in [0, 0.1) is 0 Å². The second-order valence-electron chi connectivity index (χ2n) is 9.22. The zero-order valence-electron chi connectivity index (χ0n) is 23.2. The largest absolute Gasteiger partial charge is 0.477 e. The van der Waals surface area contributed by atoms with Crippen LogP contribution in [0.2, 0.25) is 0 Å². The number of nitrogen functional groups attached to an aromatic ring is 1. The van der Waals surface area contributed by atoms with Crippen LogP contribution in [-0.4, -0.2) is 116 Å². The Hall–Kier alpha value is -3.94. The van der Waals surface area contributed by atoms with Crippen molar-refractivity contribution in [1.29, 1.82) is 0 Å². The minimum Gasteiger partial charge on any atom is -0.477 e. The van der Waals surface area contributed by atoms with E-state index in [0.29, 0.717) is 22.3 Å². The van der Waals surface area contributed by atoms with Gasteiger partial charge in [-0.2, -0.15) is 5.01 Å². The molecule has 0 aromatic carbocycles. The number of thioether (sulfide) groups is 2. The first-order valence-electron chi connectivity index (χ1n) is 12.8. The number of nitrogens with zero attached hydrogens (tertiary/aromatic N) is 7. The number of β-lactam (4-membered cyclic amide) rings is 1. The highest BCUT2D eigenvalue weighted by Gasteiger charge is 2.54. The molecule has 228 valence electrons. The molecule has 19 heteroatoms. The maximum absolute atomic E-state index is 13.2. The van der Waals surface area contributed by atoms with E-state index in [9.17, 15) is 24.3 Å². The standard InChI is InChI=1S/C24H27N9O7S3/c1-4-40-15(34)9-41-14-5-11(2)27-24-26-10-31(33(14)24)6-12-7-42-21-17(20(36)32(21)18(12)22(37)38)29-19(35)16(30-39-3)13-8-43-23(25)28-13/h5,8,17,21H,4,6-7,9-10H2,1-3H3,(H2,25,28)(H,29,35)(H,37,38)/b30-16-/t17-,21+/m1/s1. The van der Waals surface area contributed by atoms with E-state index in [2.05, 4.69) is 25.4 Å². The lowest BCUT2D eigenvalue weighted by molar-refractivity contribution is -0.150. The first kappa shape index (κ1) is 30.5. The molecule has 0 spiro atoms. The van der Waals surface area contributed by atoms with Gasteiger partial charge in [-0.15, -0.1) is 23.1 Å². The van der Waals surface area contributed by atoms with Crippen molar-refractivity contribution in [3.8, 4) is 0 Å². The van der Waals surface area contributed by atoms with E-state index in [0.717, 1.165) is 11.3 Å². The van der Waals surface area contributed by atoms with Gasteiger partial charge in [0.2, 0.25) is 5.96 Å². The summed E-state index contributed by atoms with van der Waals surface area (Å²) in [5.41, 5.74) is 6.76. The number of aliphatic carboxylic acids is 1. The number of hydrazine groups is 1. The van der Waals surface area contributed by atoms with Crippen molar-refractivity contribution in [2.75, 3.05) is 44.2 Å². The van der Waals surface area contributed by atoms with Crippen LogP contribution in [0.25, 0.3) is 0 Å². The van der Waals surface area contributed by atoms with Gasteiger partial charge in [0, 0.05) is 23.4 Å². The molecule has 0 unspecified atom stereocenters. The van der Waals surface area contributed by atoms with Gasteiger partial charge in [-0.1, -0.05) is 16.9 Å². The smallest absolute Gasteiger partial charge is 0.352 e. The number of carbonyl (C=O) groups excluding carboxylic acids is 3. The van der Waals surface area contributed by atoms with Crippen LogP contribution in [0.15, 0.2) is 42.9 Å². The lowest BCUT2D eigenvalue weighted by Gasteiger charge is -2.49. The molecule has 0 radical (unpaired) electrons. The number of fused-ring (bicyclic) bond motifs is 2. The molecule has 5 heterocycles. The fourth-order valence-corrected chi connectivity index (χ4v) is 7.44. The maximum Gasteiger partial charge on any atom is 0.352 e. The molecule has 0 aliphatic carbocycles. The number of nitrogens with two attached hydrogens (primary N) is 1. The molecule has 0 bridgehead atoms. The summed E-state index contributed by atoms with van der Waals surface area (Å²) in [4.78, 5) is 69.7. The van der Waals surface area contributed by atoms with Gasteiger partial charge in [-0.05, 0) is 25.5 Å². The van der Waals surface area contributed by atoms with Gasteiger partial charge in [0.15, 0.2) is 10.8 Å². The highest BCUT2D eigenvalue weighted by molar-refractivity contribution is 8.03. The molecule has 1 aromatic heterocycles. The van der Waals surface area contributed by atoms with Gasteiger partial charge < -0.3 is 25.7 Å². The summed E-state index contributed by atoms with van der Waals surface area (Å²) in [5, 5.41) is 21.9. The lowest BCUT2D eigenvalue weighted by Crippen LogP contribution is -2.71. The Labute approximate surface area is 257 Å². The first-order valence-corrected chi connectivity index (χ1v) is 15.7. The maximum atomic E-state index is 13.2. The number of aliphatic imine (C=N–C) groups is 2. The van der Waals surface area contributed by atoms with E-state index in [-0.39, 0.29) is 59.5 Å². The quantitative estimate of drug-likeness (QED) is 0.128. The minimum atomic E-state index is -1.27. The second-order valence-corrected chi connectivity index (χ2v) is 12.2. The summed E-state index contributed by atoms with van der Waals surface area (Å²) in [6.07, 6.45) is 1.81. The monoisotopic (exact) mass is 649 g/mol. The minimum absolute atomic E-state index is 0.0766. The van der Waals surface area contributed by atoms with Gasteiger partial charge in [0.05, 0.1) is 17.4 Å². The molecule has 1 fully saturated rings. The molecule has 16 nitrogen and oxygen atoms in total. The number of rotatable bonds is 11. The zero-order valence-corrected chi connectivity index (χ0v) is 25.6. The van der Waals surface area contributed by atoms with E-state index >= 15 is 0 Å². The molecular weight excluding hydrogens is 623 g/mol. The number of guanidine groups is 1. The molecule has 43 heavy (non-hydrogen) atoms. The number of hydrogen-bond acceptors (Lipinski definition) is 16. The normalized spacial score (nSPS) is 21.8. The van der Waals surface area contributed by atoms with Gasteiger partial charge in [-0.25, -0.2) is 24.8 Å². The summed E-state index contributed by atoms with van der Waals surface area (Å²) in [7, 11) is 1.27. The van der Waals surface area contributed by atoms with Crippen molar-refractivity contribution < 1.29 is 33.9 Å². The molecule has 0 saturated carbocycles. The van der Waals surface area contributed by atoms with Crippen LogP contribution in [0.3, 0.4) is 0 Å². The fraction of sp³-hybridized carbons (Fsp3) is 0.417. The third-order valence-corrected chi connectivity index (χ3v) is 9.36. The Kier molecular flexibility index (Phi) is 9.04. The number of hydrogen-bond donors (Lipinski definition) is 3. The average molecular weight is 650 g/mol. The summed E-state index contributed by atoms with van der Waals surface area (Å²) >= 11 is 3.70. The van der Waals surface area contributed by atoms with E-state index in [4.69, 9.17) is 15.3 Å². The third kappa shape index (κ3) is 6.10. The number of anilines is 1. The van der Waals surface area contributed by atoms with Crippen LogP contribution in [0.5, 0.6) is 0 Å². The number of amides is 2. The predicted octanol–water partition coefficient (Wildman–Crippen LogP) is 0.273. The Morgan fingerprint density at radius 3 is 2.81 bits per heavy atom. The summed E-state index contributed by atoms with van der Waals surface area (Å²) in [5.74, 6) is -2.13. The first-order chi connectivity index (χ1) is 20.6. The zero-order chi connectivity index (χ0) is 30.8. The van der Waals surface area contributed by atoms with Crippen molar-refractivity contribution >= 4 is 81.1 Å². The van der Waals surface area contributed by atoms with Crippen LogP contribution < -0.4 is 11.1 Å². The number of allylic oxidation sites excluding steroid dienone is 1. The van der Waals surface area contributed by atoms with Crippen molar-refractivity contribution in [3.05, 3.63) is 33.4 Å². The topological polar surface area (TPSA) is 205 Å². The van der Waals surface area contributed by atoms with E-state index in [1.807, 2.05) is 13.0 Å². The Bertz CT molecular complexity index is 1520. The third-order valence-electron chi connectivity index (χ3n) is 6.38. The van der Waals surface area contributed by atoms with Crippen LogP contribution >= 0.6 is 34.9 Å². The van der Waals surface area contributed by atoms with E-state index in [1.54, 1.807) is 16.9 Å². The van der Waals surface area contributed by atoms with Crippen molar-refractivity contribution in [1.82, 2.24) is 25.2 Å². The molecule has 2 atom stereocenters. The van der Waals surface area contributed by atoms with Gasteiger partial charge >= 0.3 is 11.9 Å². The molecule has 4 aliphatic heterocycles. The Balaban J connectivity index is 1.31. The van der Waals surface area contributed by atoms with Crippen molar-refractivity contribution in [3.63, 3.8) is 0 Å². The number of carboxylic acid groups (broad SMARTS) is 1. The average Bonchev–Trinajstić information content (AvgIpc) is 3.58. The lowest BCUT2D eigenvalue weighted by atomic mass is 10.0. The molecule has 1 aromatic rings. The molecule has 4 aliphatic rings. The molecular formula is C24H27N9O7S3. The number of nitrogens with one attached hydrogen (secondary N) is 1. The summed E-state index contributed by atoms with van der Waals surface area (Å²) < 4.78 is 5.04. The Morgan fingerprint density at radius 2 is 2.14 bits per heavy atom.